The highest BCUT2D eigenvalue weighted by Gasteiger charge is 2.35. The van der Waals surface area contributed by atoms with Crippen LogP contribution in [-0.2, 0) is 19.1 Å². The van der Waals surface area contributed by atoms with Gasteiger partial charge in [0.1, 0.15) is 17.5 Å². The van der Waals surface area contributed by atoms with Crippen LogP contribution in [0.15, 0.2) is 80.1 Å². The second-order valence-electron chi connectivity index (χ2n) is 10.2. The smallest absolute Gasteiger partial charge is 0.344 e. The van der Waals surface area contributed by atoms with Crippen LogP contribution in [0.3, 0.4) is 0 Å². The van der Waals surface area contributed by atoms with Crippen molar-refractivity contribution >= 4 is 56.1 Å². The van der Waals surface area contributed by atoms with Crippen LogP contribution >= 0.6 is 27.3 Å². The molecule has 0 N–H and O–H groups in total. The standard InChI is InChI=1S/C33H31BrN2O7S/c1-6-41-28(37)17-42-26-13-11-20-9-7-8-10-22(20)23(26)16-27-31(38)36-30(24-15-21(34)12-14-25(24)40-5)29(32(39)43-18(2)3)19(4)35-33(36)44-27/h7-16,18,30H,6,17H2,1-5H3/b27-16-/t30-/m0/s1. The van der Waals surface area contributed by atoms with Crippen molar-refractivity contribution in [3.05, 3.63) is 101 Å². The molecule has 0 unspecified atom stereocenters. The Morgan fingerprint density at radius 2 is 1.86 bits per heavy atom. The van der Waals surface area contributed by atoms with E-state index in [4.69, 9.17) is 23.9 Å². The molecule has 11 heteroatoms. The number of halogens is 1. The fourth-order valence-corrected chi connectivity index (χ4v) is 6.50. The van der Waals surface area contributed by atoms with Crippen LogP contribution in [0.25, 0.3) is 16.8 Å². The summed E-state index contributed by atoms with van der Waals surface area (Å²) in [6, 6.07) is 15.9. The van der Waals surface area contributed by atoms with Crippen molar-refractivity contribution in [1.29, 1.82) is 0 Å². The molecule has 4 aromatic rings. The molecular weight excluding hydrogens is 648 g/mol. The number of benzene rings is 3. The van der Waals surface area contributed by atoms with Crippen LogP contribution in [0, 0.1) is 0 Å². The molecule has 0 radical (unpaired) electrons. The number of allylic oxidation sites excluding steroid dienone is 1. The van der Waals surface area contributed by atoms with Crippen molar-refractivity contribution < 1.29 is 28.5 Å². The molecule has 44 heavy (non-hydrogen) atoms. The van der Waals surface area contributed by atoms with Crippen molar-refractivity contribution in [2.75, 3.05) is 20.3 Å². The molecule has 1 aromatic heterocycles. The summed E-state index contributed by atoms with van der Waals surface area (Å²) < 4.78 is 24.8. The lowest BCUT2D eigenvalue weighted by Gasteiger charge is -2.26. The van der Waals surface area contributed by atoms with E-state index in [1.807, 2.05) is 42.5 Å². The van der Waals surface area contributed by atoms with E-state index in [0.717, 1.165) is 15.2 Å². The Morgan fingerprint density at radius 3 is 2.59 bits per heavy atom. The minimum Gasteiger partial charge on any atom is -0.496 e. The van der Waals surface area contributed by atoms with Gasteiger partial charge in [0.05, 0.1) is 35.6 Å². The van der Waals surface area contributed by atoms with Gasteiger partial charge in [-0.25, -0.2) is 14.6 Å². The summed E-state index contributed by atoms with van der Waals surface area (Å²) in [5.41, 5.74) is 1.57. The summed E-state index contributed by atoms with van der Waals surface area (Å²) in [4.78, 5) is 45.0. The first-order valence-corrected chi connectivity index (χ1v) is 15.6. The molecule has 228 valence electrons. The normalized spacial score (nSPS) is 14.8. The van der Waals surface area contributed by atoms with Crippen LogP contribution < -0.4 is 24.4 Å². The van der Waals surface area contributed by atoms with E-state index in [2.05, 4.69) is 15.9 Å². The number of esters is 2. The Kier molecular flexibility index (Phi) is 9.36. The fourth-order valence-electron chi connectivity index (χ4n) is 5.09. The van der Waals surface area contributed by atoms with Gasteiger partial charge < -0.3 is 18.9 Å². The number of ether oxygens (including phenoxy) is 4. The van der Waals surface area contributed by atoms with E-state index >= 15 is 0 Å². The second-order valence-corrected chi connectivity index (χ2v) is 12.1. The molecular formula is C33H31BrN2O7S. The number of nitrogens with zero attached hydrogens (tertiary/aromatic N) is 2. The first kappa shape index (κ1) is 31.2. The zero-order valence-electron chi connectivity index (χ0n) is 24.9. The Morgan fingerprint density at radius 1 is 1.11 bits per heavy atom. The van der Waals surface area contributed by atoms with Gasteiger partial charge in [-0.2, -0.15) is 0 Å². The number of rotatable bonds is 9. The second kappa shape index (κ2) is 13.2. The molecule has 0 fully saturated rings. The maximum atomic E-state index is 14.3. The van der Waals surface area contributed by atoms with Gasteiger partial charge >= 0.3 is 11.9 Å². The lowest BCUT2D eigenvalue weighted by molar-refractivity contribution is -0.145. The topological polar surface area (TPSA) is 105 Å². The van der Waals surface area contributed by atoms with Crippen LogP contribution in [-0.4, -0.2) is 42.9 Å². The number of hydrogen-bond acceptors (Lipinski definition) is 9. The molecule has 0 bridgehead atoms. The first-order chi connectivity index (χ1) is 21.1. The molecule has 0 saturated heterocycles. The Bertz CT molecular complexity index is 1980. The highest BCUT2D eigenvalue weighted by molar-refractivity contribution is 9.10. The predicted octanol–water partition coefficient (Wildman–Crippen LogP) is 5.05. The van der Waals surface area contributed by atoms with Gasteiger partial charge in [-0.1, -0.05) is 57.6 Å². The molecule has 1 aliphatic rings. The summed E-state index contributed by atoms with van der Waals surface area (Å²) in [6.45, 7) is 6.96. The van der Waals surface area contributed by atoms with E-state index in [-0.39, 0.29) is 30.5 Å². The van der Waals surface area contributed by atoms with Gasteiger partial charge in [0.25, 0.3) is 5.56 Å². The van der Waals surface area contributed by atoms with Crippen molar-refractivity contribution in [3.63, 3.8) is 0 Å². The fraction of sp³-hybridized carbons (Fsp3) is 0.273. The Hall–Kier alpha value is -4.22. The molecule has 9 nitrogen and oxygen atoms in total. The Labute approximate surface area is 266 Å². The third kappa shape index (κ3) is 6.20. The lowest BCUT2D eigenvalue weighted by atomic mass is 9.95. The number of hydrogen-bond donors (Lipinski definition) is 0. The molecule has 3 aromatic carbocycles. The average molecular weight is 680 g/mol. The summed E-state index contributed by atoms with van der Waals surface area (Å²) in [5.74, 6) is -0.136. The number of aromatic nitrogens is 1. The van der Waals surface area contributed by atoms with E-state index in [9.17, 15) is 14.4 Å². The summed E-state index contributed by atoms with van der Waals surface area (Å²) in [6.07, 6.45) is 1.37. The summed E-state index contributed by atoms with van der Waals surface area (Å²) in [5, 5.41) is 1.77. The molecule has 0 spiro atoms. The van der Waals surface area contributed by atoms with Gasteiger partial charge in [-0.05, 0) is 68.8 Å². The number of carbonyl (C=O) groups is 2. The maximum absolute atomic E-state index is 14.3. The zero-order valence-corrected chi connectivity index (χ0v) is 27.3. The largest absolute Gasteiger partial charge is 0.496 e. The monoisotopic (exact) mass is 678 g/mol. The SMILES string of the molecule is CCOC(=O)COc1ccc2ccccc2c1/C=c1\sc2n(c1=O)[C@@H](c1cc(Br)ccc1OC)C(C(=O)OC(C)C)=C(C)N=2. The van der Waals surface area contributed by atoms with Gasteiger partial charge in [-0.3, -0.25) is 9.36 Å². The van der Waals surface area contributed by atoms with Gasteiger partial charge in [0.2, 0.25) is 0 Å². The van der Waals surface area contributed by atoms with Crippen molar-refractivity contribution in [2.45, 2.75) is 39.8 Å². The van der Waals surface area contributed by atoms with E-state index in [0.29, 0.717) is 37.7 Å². The molecule has 0 aliphatic carbocycles. The van der Waals surface area contributed by atoms with Crippen LogP contribution in [0.2, 0.25) is 0 Å². The lowest BCUT2D eigenvalue weighted by Crippen LogP contribution is -2.40. The predicted molar refractivity (Wildman–Crippen MR) is 172 cm³/mol. The Balaban J connectivity index is 1.75. The third-order valence-corrected chi connectivity index (χ3v) is 8.40. The minimum atomic E-state index is -0.862. The number of methoxy groups -OCH3 is 1. The molecule has 1 atom stereocenters. The molecule has 0 saturated carbocycles. The van der Waals surface area contributed by atoms with Crippen molar-refractivity contribution in [2.24, 2.45) is 4.99 Å². The third-order valence-electron chi connectivity index (χ3n) is 6.93. The highest BCUT2D eigenvalue weighted by atomic mass is 79.9. The molecule has 0 amide bonds. The quantitative estimate of drug-likeness (QED) is 0.228. The molecule has 5 rings (SSSR count). The van der Waals surface area contributed by atoms with Crippen molar-refractivity contribution in [3.8, 4) is 11.5 Å². The van der Waals surface area contributed by atoms with Gasteiger partial charge in [0.15, 0.2) is 11.4 Å². The summed E-state index contributed by atoms with van der Waals surface area (Å²) in [7, 11) is 1.54. The maximum Gasteiger partial charge on any atom is 0.344 e. The number of carbonyl (C=O) groups excluding carboxylic acids is 2. The highest BCUT2D eigenvalue weighted by Crippen LogP contribution is 2.37. The van der Waals surface area contributed by atoms with Crippen molar-refractivity contribution in [1.82, 2.24) is 4.57 Å². The van der Waals surface area contributed by atoms with Gasteiger partial charge in [-0.15, -0.1) is 0 Å². The van der Waals surface area contributed by atoms with E-state index in [1.54, 1.807) is 45.9 Å². The molecule has 2 heterocycles. The van der Waals surface area contributed by atoms with Crippen LogP contribution in [0.5, 0.6) is 11.5 Å². The first-order valence-electron chi connectivity index (χ1n) is 14.0. The van der Waals surface area contributed by atoms with Crippen LogP contribution in [0.4, 0.5) is 0 Å². The number of thiazole rings is 1. The van der Waals surface area contributed by atoms with Gasteiger partial charge in [0, 0.05) is 15.6 Å². The summed E-state index contributed by atoms with van der Waals surface area (Å²) >= 11 is 4.73. The molecule has 1 aliphatic heterocycles. The van der Waals surface area contributed by atoms with E-state index in [1.165, 1.54) is 23.0 Å². The number of fused-ring (bicyclic) bond motifs is 2. The average Bonchev–Trinajstić information content (AvgIpc) is 3.29. The minimum absolute atomic E-state index is 0.240. The van der Waals surface area contributed by atoms with E-state index < -0.39 is 18.0 Å². The van der Waals surface area contributed by atoms with Crippen LogP contribution in [0.1, 0.15) is 44.9 Å². The zero-order chi connectivity index (χ0) is 31.5.